The van der Waals surface area contributed by atoms with E-state index in [2.05, 4.69) is 10.6 Å². The number of carbonyl (C=O) groups is 2. The molecule has 0 heterocycles. The van der Waals surface area contributed by atoms with Gasteiger partial charge in [-0.15, -0.1) is 23.2 Å². The molecule has 0 aliphatic heterocycles. The second kappa shape index (κ2) is 11.2. The zero-order valence-electron chi connectivity index (χ0n) is 18.0. The van der Waals surface area contributed by atoms with Crippen molar-refractivity contribution in [3.63, 3.8) is 0 Å². The highest BCUT2D eigenvalue weighted by molar-refractivity contribution is 6.50. The van der Waals surface area contributed by atoms with Crippen LogP contribution in [0.4, 0.5) is 25.8 Å². The first-order valence-corrected chi connectivity index (χ1v) is 12.1. The second-order valence-electron chi connectivity index (χ2n) is 7.68. The molecule has 0 radical (unpaired) electrons. The quantitative estimate of drug-likeness (QED) is 0.148. The molecule has 0 aliphatic rings. The lowest BCUT2D eigenvalue weighted by Crippen LogP contribution is -2.32. The third-order valence-corrected chi connectivity index (χ3v) is 6.87. The molecular formula is C23H15Cl6F2N3O2. The number of halogens is 8. The summed E-state index contributed by atoms with van der Waals surface area (Å²) < 4.78 is 25.8. The third-order valence-electron chi connectivity index (χ3n) is 4.91. The lowest BCUT2D eigenvalue weighted by molar-refractivity contribution is -0.117. The Morgan fingerprint density at radius 2 is 1.53 bits per heavy atom. The molecule has 0 spiro atoms. The number of amides is 2. The van der Waals surface area contributed by atoms with E-state index in [9.17, 15) is 18.4 Å². The second-order valence-corrected chi connectivity index (χ2v) is 11.0. The van der Waals surface area contributed by atoms with Crippen LogP contribution < -0.4 is 16.4 Å². The summed E-state index contributed by atoms with van der Waals surface area (Å²) in [6, 6.07) is 8.23. The van der Waals surface area contributed by atoms with Crippen LogP contribution in [-0.4, -0.2) is 16.1 Å². The van der Waals surface area contributed by atoms with Crippen LogP contribution in [0.15, 0.2) is 42.5 Å². The van der Waals surface area contributed by atoms with Gasteiger partial charge >= 0.3 is 0 Å². The first kappa shape index (κ1) is 28.6. The molecule has 0 aliphatic carbocycles. The van der Waals surface area contributed by atoms with Crippen molar-refractivity contribution in [1.29, 1.82) is 0 Å². The average Bonchev–Trinajstić information content (AvgIpc) is 2.74. The van der Waals surface area contributed by atoms with Crippen LogP contribution >= 0.6 is 69.6 Å². The molecule has 3 rings (SSSR count). The molecule has 0 bridgehead atoms. The Hall–Kier alpha value is -2.00. The number of nitrogen functional groups attached to an aromatic ring is 1. The Morgan fingerprint density at radius 1 is 0.917 bits per heavy atom. The van der Waals surface area contributed by atoms with Gasteiger partial charge in [0.15, 0.2) is 5.82 Å². The van der Waals surface area contributed by atoms with Gasteiger partial charge in [-0.25, -0.2) is 8.78 Å². The molecule has 0 saturated carbocycles. The summed E-state index contributed by atoms with van der Waals surface area (Å²) in [7, 11) is 0. The number of anilines is 3. The number of carbonyl (C=O) groups excluding carboxylic acids is 2. The van der Waals surface area contributed by atoms with E-state index >= 15 is 0 Å². The summed E-state index contributed by atoms with van der Waals surface area (Å²) in [6.45, 7) is 1.40. The van der Waals surface area contributed by atoms with E-state index in [0.717, 1.165) is 6.07 Å². The van der Waals surface area contributed by atoms with E-state index in [-0.39, 0.29) is 42.6 Å². The Kier molecular flexibility index (Phi) is 8.87. The van der Waals surface area contributed by atoms with Crippen molar-refractivity contribution in [2.75, 3.05) is 16.4 Å². The first-order chi connectivity index (χ1) is 16.7. The van der Waals surface area contributed by atoms with Crippen LogP contribution in [0.3, 0.4) is 0 Å². The molecule has 0 fully saturated rings. The molecule has 0 unspecified atom stereocenters. The fraction of sp³-hybridized carbons (Fsp3) is 0.130. The van der Waals surface area contributed by atoms with E-state index in [4.69, 9.17) is 75.3 Å². The summed E-state index contributed by atoms with van der Waals surface area (Å²) in [4.78, 5) is 26.0. The van der Waals surface area contributed by atoms with Gasteiger partial charge in [-0.3, -0.25) is 9.59 Å². The van der Waals surface area contributed by atoms with Gasteiger partial charge in [0.2, 0.25) is 5.91 Å². The summed E-state index contributed by atoms with van der Waals surface area (Å²) in [5.41, 5.74) is 5.14. The van der Waals surface area contributed by atoms with Crippen LogP contribution in [0.5, 0.6) is 0 Å². The molecule has 190 valence electrons. The average molecular weight is 616 g/mol. The van der Waals surface area contributed by atoms with Gasteiger partial charge in [-0.2, -0.15) is 0 Å². The molecule has 3 aromatic rings. The standard InChI is InChI=1S/C23H15Cl6F2N3O2/c1-23(28,29)18(9-4-14(25)19(27)15(26)5-9)22(36)33-11-2-3-13(24)12(8-11)21(35)34-20-16(31)6-10(30)7-17(20)32/h2-8,18H,32H2,1H3,(H,33,36)(H,34,35)/t18-/m0/s1. The smallest absolute Gasteiger partial charge is 0.257 e. The minimum absolute atomic E-state index is 0.0149. The number of benzene rings is 3. The van der Waals surface area contributed by atoms with Gasteiger partial charge in [0.1, 0.15) is 15.8 Å². The highest BCUT2D eigenvalue weighted by atomic mass is 35.5. The molecule has 13 heteroatoms. The fourth-order valence-electron chi connectivity index (χ4n) is 3.31. The van der Waals surface area contributed by atoms with Gasteiger partial charge in [-0.05, 0) is 48.9 Å². The zero-order valence-corrected chi connectivity index (χ0v) is 22.6. The predicted octanol–water partition coefficient (Wildman–Crippen LogP) is 8.33. The summed E-state index contributed by atoms with van der Waals surface area (Å²) in [5, 5.41) is 5.11. The van der Waals surface area contributed by atoms with Crippen molar-refractivity contribution < 1.29 is 18.4 Å². The number of nitrogens with two attached hydrogens (primary N) is 1. The molecule has 4 N–H and O–H groups in total. The summed E-state index contributed by atoms with van der Waals surface area (Å²) >= 11 is 36.9. The van der Waals surface area contributed by atoms with Crippen molar-refractivity contribution in [1.82, 2.24) is 0 Å². The van der Waals surface area contributed by atoms with Crippen LogP contribution in [0.2, 0.25) is 20.1 Å². The van der Waals surface area contributed by atoms with Gasteiger partial charge in [-0.1, -0.05) is 46.4 Å². The Bertz CT molecular complexity index is 1320. The SMILES string of the molecule is CC(Cl)(Cl)[C@H](C(=O)Nc1ccc(Cl)c(C(=O)Nc2c(N)cc(F)cc2F)c1)c1cc(Cl)c(Cl)c(Cl)c1. The number of alkyl halides is 2. The number of rotatable bonds is 6. The maximum absolute atomic E-state index is 14.1. The van der Waals surface area contributed by atoms with Gasteiger partial charge in [0, 0.05) is 11.8 Å². The minimum Gasteiger partial charge on any atom is -0.397 e. The van der Waals surface area contributed by atoms with Crippen molar-refractivity contribution in [3.8, 4) is 0 Å². The van der Waals surface area contributed by atoms with E-state index in [1.54, 1.807) is 0 Å². The molecule has 5 nitrogen and oxygen atoms in total. The van der Waals surface area contributed by atoms with Gasteiger partial charge in [0.05, 0.1) is 37.3 Å². The molecule has 1 atom stereocenters. The maximum atomic E-state index is 14.1. The zero-order chi connectivity index (χ0) is 26.9. The Balaban J connectivity index is 1.91. The molecular weight excluding hydrogens is 601 g/mol. The van der Waals surface area contributed by atoms with E-state index in [0.29, 0.717) is 6.07 Å². The van der Waals surface area contributed by atoms with E-state index in [1.165, 1.54) is 37.3 Å². The van der Waals surface area contributed by atoms with Crippen LogP contribution in [-0.2, 0) is 4.79 Å². The van der Waals surface area contributed by atoms with Gasteiger partial charge < -0.3 is 16.4 Å². The lowest BCUT2D eigenvalue weighted by atomic mass is 9.94. The van der Waals surface area contributed by atoms with Gasteiger partial charge in [0.25, 0.3) is 5.91 Å². The Morgan fingerprint density at radius 3 is 2.08 bits per heavy atom. The third kappa shape index (κ3) is 6.46. The summed E-state index contributed by atoms with van der Waals surface area (Å²) in [6.07, 6.45) is 0. The van der Waals surface area contributed by atoms with Crippen molar-refractivity contribution in [3.05, 3.63) is 85.3 Å². The minimum atomic E-state index is -1.62. The molecule has 0 saturated heterocycles. The predicted molar refractivity (Wildman–Crippen MR) is 143 cm³/mol. The number of hydrogen-bond donors (Lipinski definition) is 3. The summed E-state index contributed by atoms with van der Waals surface area (Å²) in [5.74, 6) is -4.68. The lowest BCUT2D eigenvalue weighted by Gasteiger charge is -2.26. The molecule has 2 amide bonds. The van der Waals surface area contributed by atoms with Crippen molar-refractivity contribution >= 4 is 98.5 Å². The van der Waals surface area contributed by atoms with Crippen molar-refractivity contribution in [2.24, 2.45) is 0 Å². The first-order valence-electron chi connectivity index (χ1n) is 9.87. The topological polar surface area (TPSA) is 84.2 Å². The molecule has 0 aromatic heterocycles. The molecule has 3 aromatic carbocycles. The van der Waals surface area contributed by atoms with E-state index < -0.39 is 39.4 Å². The highest BCUT2D eigenvalue weighted by Gasteiger charge is 2.38. The molecule has 36 heavy (non-hydrogen) atoms. The van der Waals surface area contributed by atoms with Crippen molar-refractivity contribution in [2.45, 2.75) is 17.2 Å². The monoisotopic (exact) mass is 613 g/mol. The normalized spacial score (nSPS) is 12.2. The Labute approximate surface area is 234 Å². The number of nitrogens with one attached hydrogen (secondary N) is 2. The fourth-order valence-corrected chi connectivity index (χ4v) is 4.58. The maximum Gasteiger partial charge on any atom is 0.257 e. The van der Waals surface area contributed by atoms with Crippen LogP contribution in [0.1, 0.15) is 28.8 Å². The number of hydrogen-bond acceptors (Lipinski definition) is 3. The highest BCUT2D eigenvalue weighted by Crippen LogP contribution is 2.42. The van der Waals surface area contributed by atoms with Crippen LogP contribution in [0, 0.1) is 11.6 Å². The van der Waals surface area contributed by atoms with E-state index in [1.807, 2.05) is 0 Å². The van der Waals surface area contributed by atoms with Crippen LogP contribution in [0.25, 0.3) is 0 Å². The largest absolute Gasteiger partial charge is 0.397 e.